The predicted octanol–water partition coefficient (Wildman–Crippen LogP) is 2.18. The van der Waals surface area contributed by atoms with Gasteiger partial charge in [0.05, 0.1) is 12.0 Å². The van der Waals surface area contributed by atoms with E-state index in [9.17, 15) is 13.6 Å². The fourth-order valence-electron chi connectivity index (χ4n) is 0.746. The number of ether oxygens (including phenoxy) is 1. The van der Waals surface area contributed by atoms with E-state index < -0.39 is 18.1 Å². The van der Waals surface area contributed by atoms with Gasteiger partial charge in [0, 0.05) is 6.07 Å². The lowest BCUT2D eigenvalue weighted by Crippen LogP contribution is -1.97. The van der Waals surface area contributed by atoms with Crippen LogP contribution in [0.2, 0.25) is 0 Å². The molecule has 1 rings (SSSR count). The maximum Gasteiger partial charge on any atom is 0.351 e. The van der Waals surface area contributed by atoms with Gasteiger partial charge in [0.1, 0.15) is 5.75 Å². The highest BCUT2D eigenvalue weighted by Crippen LogP contribution is 2.34. The largest absolute Gasteiger partial charge is 0.506 e. The molecule has 0 aromatic carbocycles. The lowest BCUT2D eigenvalue weighted by molar-refractivity contribution is 0.0603. The predicted molar refractivity (Wildman–Crippen MR) is 42.3 cm³/mol. The molecule has 1 aromatic rings. The van der Waals surface area contributed by atoms with Crippen LogP contribution in [0, 0.1) is 0 Å². The Hall–Kier alpha value is -1.17. The van der Waals surface area contributed by atoms with E-state index in [4.69, 9.17) is 5.11 Å². The van der Waals surface area contributed by atoms with Crippen LogP contribution in [0.5, 0.6) is 5.75 Å². The monoisotopic (exact) mass is 208 g/mol. The first-order valence-electron chi connectivity index (χ1n) is 3.25. The van der Waals surface area contributed by atoms with Crippen LogP contribution in [0.4, 0.5) is 8.78 Å². The van der Waals surface area contributed by atoms with Crippen LogP contribution in [0.3, 0.4) is 0 Å². The van der Waals surface area contributed by atoms with Gasteiger partial charge in [-0.3, -0.25) is 0 Å². The van der Waals surface area contributed by atoms with Crippen LogP contribution >= 0.6 is 11.3 Å². The molecule has 0 atom stereocenters. The van der Waals surface area contributed by atoms with Crippen LogP contribution in [0.1, 0.15) is 21.0 Å². The summed E-state index contributed by atoms with van der Waals surface area (Å²) in [6.45, 7) is 0. The highest BCUT2D eigenvalue weighted by molar-refractivity contribution is 7.14. The molecule has 13 heavy (non-hydrogen) atoms. The molecule has 0 unspecified atom stereocenters. The third-order valence-corrected chi connectivity index (χ3v) is 2.43. The van der Waals surface area contributed by atoms with Crippen molar-refractivity contribution in [2.45, 2.75) is 6.43 Å². The summed E-state index contributed by atoms with van der Waals surface area (Å²) in [5, 5.41) is 9.06. The molecule has 6 heteroatoms. The van der Waals surface area contributed by atoms with E-state index >= 15 is 0 Å². The van der Waals surface area contributed by atoms with E-state index in [1.807, 2.05) is 0 Å². The van der Waals surface area contributed by atoms with E-state index in [0.29, 0.717) is 11.3 Å². The molecule has 0 aliphatic heterocycles. The van der Waals surface area contributed by atoms with Crippen LogP contribution in [0.25, 0.3) is 0 Å². The van der Waals surface area contributed by atoms with Gasteiger partial charge in [-0.1, -0.05) is 0 Å². The topological polar surface area (TPSA) is 46.5 Å². The molecule has 0 spiro atoms. The molecule has 1 N–H and O–H groups in total. The van der Waals surface area contributed by atoms with Gasteiger partial charge in [0.15, 0.2) is 4.88 Å². The van der Waals surface area contributed by atoms with Gasteiger partial charge in [-0.15, -0.1) is 11.3 Å². The standard InChI is InChI=1S/C7H6F2O3S/c1-12-7(11)5-3(10)2-4(13-5)6(8)9/h2,6,10H,1H3. The van der Waals surface area contributed by atoms with Gasteiger partial charge in [-0.25, -0.2) is 13.6 Å². The Kier molecular flexibility index (Phi) is 2.82. The van der Waals surface area contributed by atoms with E-state index in [1.54, 1.807) is 0 Å². The van der Waals surface area contributed by atoms with E-state index in [1.165, 1.54) is 0 Å². The Morgan fingerprint density at radius 2 is 2.31 bits per heavy atom. The van der Waals surface area contributed by atoms with Gasteiger partial charge in [0.2, 0.25) is 0 Å². The van der Waals surface area contributed by atoms with Crippen LogP contribution < -0.4 is 0 Å². The number of esters is 1. The normalized spacial score (nSPS) is 10.5. The molecule has 1 heterocycles. The molecular formula is C7H6F2O3S. The second-order valence-corrected chi connectivity index (χ2v) is 3.24. The molecular weight excluding hydrogens is 202 g/mol. The average molecular weight is 208 g/mol. The highest BCUT2D eigenvalue weighted by atomic mass is 32.1. The summed E-state index contributed by atoms with van der Waals surface area (Å²) in [6.07, 6.45) is -2.69. The second kappa shape index (κ2) is 3.69. The minimum Gasteiger partial charge on any atom is -0.506 e. The smallest absolute Gasteiger partial charge is 0.351 e. The summed E-state index contributed by atoms with van der Waals surface area (Å²) in [6, 6.07) is 0.863. The molecule has 0 saturated heterocycles. The van der Waals surface area contributed by atoms with Gasteiger partial charge in [-0.05, 0) is 0 Å². The summed E-state index contributed by atoms with van der Waals surface area (Å²) >= 11 is 0.526. The molecule has 3 nitrogen and oxygen atoms in total. The van der Waals surface area contributed by atoms with Crippen molar-refractivity contribution in [2.24, 2.45) is 0 Å². The van der Waals surface area contributed by atoms with Gasteiger partial charge >= 0.3 is 5.97 Å². The van der Waals surface area contributed by atoms with E-state index in [-0.39, 0.29) is 9.75 Å². The van der Waals surface area contributed by atoms with E-state index in [2.05, 4.69) is 4.74 Å². The zero-order valence-electron chi connectivity index (χ0n) is 6.58. The van der Waals surface area contributed by atoms with Crippen molar-refractivity contribution >= 4 is 17.3 Å². The Morgan fingerprint density at radius 1 is 1.69 bits per heavy atom. The zero-order valence-corrected chi connectivity index (χ0v) is 7.40. The first-order chi connectivity index (χ1) is 6.06. The fourth-order valence-corrected chi connectivity index (χ4v) is 1.57. The number of halogens is 2. The summed E-state index contributed by atoms with van der Waals surface area (Å²) in [5.74, 6) is -1.28. The molecule has 0 amide bonds. The van der Waals surface area contributed by atoms with Crippen molar-refractivity contribution in [1.29, 1.82) is 0 Å². The number of carbonyl (C=O) groups is 1. The SMILES string of the molecule is COC(=O)c1sc(C(F)F)cc1O. The zero-order chi connectivity index (χ0) is 10.0. The molecule has 0 saturated carbocycles. The van der Waals surface area contributed by atoms with Gasteiger partial charge in [-0.2, -0.15) is 0 Å². The first kappa shape index (κ1) is 9.91. The van der Waals surface area contributed by atoms with Crippen molar-refractivity contribution in [3.05, 3.63) is 15.8 Å². The number of hydrogen-bond acceptors (Lipinski definition) is 4. The summed E-state index contributed by atoms with van der Waals surface area (Å²) in [4.78, 5) is 10.3. The number of hydrogen-bond donors (Lipinski definition) is 1. The maximum absolute atomic E-state index is 12.1. The number of alkyl halides is 2. The first-order valence-corrected chi connectivity index (χ1v) is 4.07. The Balaban J connectivity index is 3.03. The minimum absolute atomic E-state index is 0.196. The van der Waals surface area contributed by atoms with Crippen molar-refractivity contribution in [3.63, 3.8) is 0 Å². The lowest BCUT2D eigenvalue weighted by Gasteiger charge is -1.93. The van der Waals surface area contributed by atoms with Crippen molar-refractivity contribution in [1.82, 2.24) is 0 Å². The van der Waals surface area contributed by atoms with Crippen molar-refractivity contribution < 1.29 is 23.4 Å². The second-order valence-electron chi connectivity index (χ2n) is 2.16. The summed E-state index contributed by atoms with van der Waals surface area (Å²) < 4.78 is 28.4. The summed E-state index contributed by atoms with van der Waals surface area (Å²) in [5.41, 5.74) is 0. The Labute approximate surface area is 76.6 Å². The van der Waals surface area contributed by atoms with Gasteiger partial charge < -0.3 is 9.84 Å². The molecule has 0 aliphatic carbocycles. The number of rotatable bonds is 2. The molecule has 72 valence electrons. The average Bonchev–Trinajstić information content (AvgIpc) is 2.46. The number of carbonyl (C=O) groups excluding carboxylic acids is 1. The van der Waals surface area contributed by atoms with Gasteiger partial charge in [0.25, 0.3) is 6.43 Å². The summed E-state index contributed by atoms with van der Waals surface area (Å²) in [7, 11) is 1.11. The quantitative estimate of drug-likeness (QED) is 0.757. The Morgan fingerprint density at radius 3 is 2.69 bits per heavy atom. The number of thiophene rings is 1. The van der Waals surface area contributed by atoms with Crippen LogP contribution in [-0.4, -0.2) is 18.2 Å². The minimum atomic E-state index is -2.69. The lowest BCUT2D eigenvalue weighted by atomic mass is 10.4. The third-order valence-electron chi connectivity index (χ3n) is 1.32. The molecule has 0 aliphatic rings. The molecule has 0 bridgehead atoms. The third kappa shape index (κ3) is 1.95. The fraction of sp³-hybridized carbons (Fsp3) is 0.286. The molecule has 0 radical (unpaired) electrons. The van der Waals surface area contributed by atoms with Crippen LogP contribution in [-0.2, 0) is 4.74 Å². The number of methoxy groups -OCH3 is 1. The molecule has 1 aromatic heterocycles. The Bertz CT molecular complexity index is 322. The molecule has 0 fully saturated rings. The number of aromatic hydroxyl groups is 1. The van der Waals surface area contributed by atoms with Crippen LogP contribution in [0.15, 0.2) is 6.07 Å². The van der Waals surface area contributed by atoms with Crippen molar-refractivity contribution in [2.75, 3.05) is 7.11 Å². The highest BCUT2D eigenvalue weighted by Gasteiger charge is 2.20. The maximum atomic E-state index is 12.1. The van der Waals surface area contributed by atoms with Crippen molar-refractivity contribution in [3.8, 4) is 5.75 Å². The van der Waals surface area contributed by atoms with E-state index in [0.717, 1.165) is 13.2 Å².